The molecule has 5 nitrogen and oxygen atoms in total. The smallest absolute Gasteiger partial charge is 0.238 e. The molecule has 0 unspecified atom stereocenters. The molecule has 0 atom stereocenters. The molecule has 0 radical (unpaired) electrons. The second-order valence-corrected chi connectivity index (χ2v) is 4.99. The van der Waals surface area contributed by atoms with E-state index >= 15 is 0 Å². The van der Waals surface area contributed by atoms with E-state index in [-0.39, 0.29) is 17.3 Å². The number of anilines is 2. The monoisotopic (exact) mass is 273 g/mol. The van der Waals surface area contributed by atoms with Crippen LogP contribution in [0.15, 0.2) is 35.2 Å². The molecule has 0 spiro atoms. The summed E-state index contributed by atoms with van der Waals surface area (Å²) in [4.78, 5) is 0.0525. The third-order valence-electron chi connectivity index (χ3n) is 2.40. The van der Waals surface area contributed by atoms with E-state index in [1.807, 2.05) is 0 Å². The first-order valence-electron chi connectivity index (χ1n) is 4.51. The lowest BCUT2D eigenvalue weighted by Crippen LogP contribution is -2.12. The van der Waals surface area contributed by atoms with Crippen molar-refractivity contribution < 1.29 is 8.42 Å². The fourth-order valence-corrected chi connectivity index (χ4v) is 2.37. The average Bonchev–Trinajstić information content (AvgIpc) is 2.21. The fourth-order valence-electron chi connectivity index (χ4n) is 1.62. The second-order valence-electron chi connectivity index (χ2n) is 3.46. The first kappa shape index (κ1) is 13.6. The van der Waals surface area contributed by atoms with Gasteiger partial charge in [-0.2, -0.15) is 0 Å². The minimum atomic E-state index is -3.76. The van der Waals surface area contributed by atoms with E-state index < -0.39 is 10.0 Å². The van der Waals surface area contributed by atoms with Crippen LogP contribution in [-0.4, -0.2) is 8.42 Å². The summed E-state index contributed by atoms with van der Waals surface area (Å²) in [7, 11) is -3.76. The van der Waals surface area contributed by atoms with E-state index in [1.54, 1.807) is 24.3 Å². The molecule has 0 aliphatic rings. The van der Waals surface area contributed by atoms with Gasteiger partial charge in [-0.1, -0.05) is 18.2 Å². The van der Waals surface area contributed by atoms with Crippen molar-refractivity contribution in [1.29, 1.82) is 0 Å². The van der Waals surface area contributed by atoms with Crippen LogP contribution in [0.2, 0.25) is 0 Å². The zero-order valence-corrected chi connectivity index (χ0v) is 10.4. The van der Waals surface area contributed by atoms with Crippen molar-refractivity contribution in [3.63, 3.8) is 0 Å². The van der Waals surface area contributed by atoms with E-state index in [1.165, 1.54) is 6.07 Å². The van der Waals surface area contributed by atoms with Gasteiger partial charge in [0.1, 0.15) is 0 Å². The van der Waals surface area contributed by atoms with Crippen molar-refractivity contribution >= 4 is 44.6 Å². The molecule has 92 valence electrons. The van der Waals surface area contributed by atoms with E-state index in [4.69, 9.17) is 16.6 Å². The lowest BCUT2D eigenvalue weighted by Gasteiger charge is -2.08. The highest BCUT2D eigenvalue weighted by Gasteiger charge is 2.13. The van der Waals surface area contributed by atoms with Gasteiger partial charge < -0.3 is 11.5 Å². The van der Waals surface area contributed by atoms with E-state index in [2.05, 4.69) is 0 Å². The van der Waals surface area contributed by atoms with Gasteiger partial charge in [-0.3, -0.25) is 0 Å². The zero-order chi connectivity index (χ0) is 11.9. The maximum atomic E-state index is 11.3. The number of rotatable bonds is 1. The highest BCUT2D eigenvalue weighted by atomic mass is 35.5. The molecule has 0 bridgehead atoms. The Morgan fingerprint density at radius 2 is 1.59 bits per heavy atom. The molecule has 6 N–H and O–H groups in total. The zero-order valence-electron chi connectivity index (χ0n) is 8.75. The summed E-state index contributed by atoms with van der Waals surface area (Å²) in [6.45, 7) is 0. The lowest BCUT2D eigenvalue weighted by atomic mass is 10.1. The number of benzene rings is 2. The fraction of sp³-hybridized carbons (Fsp3) is 0. The van der Waals surface area contributed by atoms with Crippen molar-refractivity contribution in [1.82, 2.24) is 0 Å². The minimum Gasteiger partial charge on any atom is -0.397 e. The first-order chi connectivity index (χ1) is 7.41. The van der Waals surface area contributed by atoms with Crippen LogP contribution in [0.4, 0.5) is 11.4 Å². The molecule has 0 heterocycles. The van der Waals surface area contributed by atoms with Crippen LogP contribution < -0.4 is 16.6 Å². The van der Waals surface area contributed by atoms with E-state index in [0.717, 1.165) is 0 Å². The second kappa shape index (κ2) is 4.40. The molecule has 0 saturated carbocycles. The molecule has 0 aromatic heterocycles. The summed E-state index contributed by atoms with van der Waals surface area (Å²) in [6.07, 6.45) is 0. The Morgan fingerprint density at radius 3 is 2.18 bits per heavy atom. The highest BCUT2D eigenvalue weighted by molar-refractivity contribution is 7.89. The Balaban J connectivity index is 0.00000144. The van der Waals surface area contributed by atoms with Crippen LogP contribution in [0, 0.1) is 0 Å². The number of hydrogen-bond acceptors (Lipinski definition) is 4. The van der Waals surface area contributed by atoms with Gasteiger partial charge in [0.05, 0.1) is 16.3 Å². The summed E-state index contributed by atoms with van der Waals surface area (Å²) < 4.78 is 22.7. The van der Waals surface area contributed by atoms with Gasteiger partial charge in [0.15, 0.2) is 0 Å². The topological polar surface area (TPSA) is 112 Å². The van der Waals surface area contributed by atoms with Gasteiger partial charge in [0, 0.05) is 10.8 Å². The molecule has 0 amide bonds. The number of primary sulfonamides is 1. The normalized spacial score (nSPS) is 11.1. The summed E-state index contributed by atoms with van der Waals surface area (Å²) in [5.74, 6) is 0. The first-order valence-corrected chi connectivity index (χ1v) is 6.05. The van der Waals surface area contributed by atoms with Crippen LogP contribution in [-0.2, 0) is 10.0 Å². The molecule has 17 heavy (non-hydrogen) atoms. The van der Waals surface area contributed by atoms with Gasteiger partial charge in [-0.15, -0.1) is 12.4 Å². The number of nitrogens with two attached hydrogens (primary N) is 3. The molecular weight excluding hydrogens is 262 g/mol. The van der Waals surface area contributed by atoms with Crippen molar-refractivity contribution in [2.45, 2.75) is 4.90 Å². The molecule has 0 fully saturated rings. The molecule has 0 saturated heterocycles. The van der Waals surface area contributed by atoms with Crippen molar-refractivity contribution in [2.75, 3.05) is 11.5 Å². The van der Waals surface area contributed by atoms with Crippen LogP contribution in [0.5, 0.6) is 0 Å². The number of fused-ring (bicyclic) bond motifs is 1. The standard InChI is InChI=1S/C10H11N3O2S.ClH/c11-8-5-4-6-7(10(8)12)2-1-3-9(6)16(13,14)15;/h1-5H,11-12H2,(H2,13,14,15);1H. The molecule has 2 aromatic carbocycles. The minimum absolute atomic E-state index is 0. The third kappa shape index (κ3) is 2.28. The Kier molecular flexibility index (Phi) is 3.51. The lowest BCUT2D eigenvalue weighted by molar-refractivity contribution is 0.598. The Morgan fingerprint density at radius 1 is 0.941 bits per heavy atom. The van der Waals surface area contributed by atoms with Gasteiger partial charge in [0.25, 0.3) is 0 Å². The number of sulfonamides is 1. The highest BCUT2D eigenvalue weighted by Crippen LogP contribution is 2.30. The van der Waals surface area contributed by atoms with Gasteiger partial charge in [-0.25, -0.2) is 13.6 Å². The summed E-state index contributed by atoms with van der Waals surface area (Å²) >= 11 is 0. The van der Waals surface area contributed by atoms with Gasteiger partial charge >= 0.3 is 0 Å². The molecule has 2 rings (SSSR count). The SMILES string of the molecule is Cl.Nc1ccc2c(S(N)(=O)=O)cccc2c1N. The molecule has 0 aliphatic carbocycles. The third-order valence-corrected chi connectivity index (χ3v) is 3.37. The number of halogens is 1. The average molecular weight is 274 g/mol. The molecular formula is C10H12ClN3O2S. The van der Waals surface area contributed by atoms with Crippen LogP contribution in [0.25, 0.3) is 10.8 Å². The predicted octanol–water partition coefficient (Wildman–Crippen LogP) is 1.07. The van der Waals surface area contributed by atoms with Crippen molar-refractivity contribution in [3.05, 3.63) is 30.3 Å². The van der Waals surface area contributed by atoms with Crippen LogP contribution in [0.3, 0.4) is 0 Å². The maximum absolute atomic E-state index is 11.3. The summed E-state index contributed by atoms with van der Waals surface area (Å²) in [6, 6.07) is 7.88. The van der Waals surface area contributed by atoms with Gasteiger partial charge in [0.2, 0.25) is 10.0 Å². The summed E-state index contributed by atoms with van der Waals surface area (Å²) in [5, 5.41) is 6.18. The Hall–Kier alpha value is -1.50. The molecule has 0 aliphatic heterocycles. The number of nitrogen functional groups attached to an aromatic ring is 2. The maximum Gasteiger partial charge on any atom is 0.238 e. The Labute approximate surface area is 105 Å². The van der Waals surface area contributed by atoms with Crippen molar-refractivity contribution in [2.24, 2.45) is 5.14 Å². The van der Waals surface area contributed by atoms with Crippen LogP contribution >= 0.6 is 12.4 Å². The van der Waals surface area contributed by atoms with Gasteiger partial charge in [-0.05, 0) is 12.1 Å². The Bertz CT molecular complexity index is 671. The van der Waals surface area contributed by atoms with E-state index in [0.29, 0.717) is 22.1 Å². The predicted molar refractivity (Wildman–Crippen MR) is 71.4 cm³/mol. The van der Waals surface area contributed by atoms with E-state index in [9.17, 15) is 8.42 Å². The summed E-state index contributed by atoms with van der Waals surface area (Å²) in [5.41, 5.74) is 12.2. The van der Waals surface area contributed by atoms with Crippen LogP contribution in [0.1, 0.15) is 0 Å². The number of hydrogen-bond donors (Lipinski definition) is 3. The molecule has 2 aromatic rings. The van der Waals surface area contributed by atoms with Crippen molar-refractivity contribution in [3.8, 4) is 0 Å². The largest absolute Gasteiger partial charge is 0.397 e. The molecule has 7 heteroatoms. The quantitative estimate of drug-likeness (QED) is 0.675.